The molecule has 144 valence electrons. The minimum Gasteiger partial charge on any atom is -0.497 e. The number of aromatic nitrogens is 1. The van der Waals surface area contributed by atoms with E-state index in [1.165, 1.54) is 11.3 Å². The smallest absolute Gasteiger partial charge is 0.358 e. The molecule has 6 nitrogen and oxygen atoms in total. The highest BCUT2D eigenvalue weighted by atomic mass is 35.5. The van der Waals surface area contributed by atoms with Gasteiger partial charge < -0.3 is 14.8 Å². The third-order valence-corrected chi connectivity index (χ3v) is 5.23. The Morgan fingerprint density at radius 2 is 1.93 bits per heavy atom. The molecule has 0 unspecified atom stereocenters. The number of ether oxygens (including phenoxy) is 2. The van der Waals surface area contributed by atoms with Gasteiger partial charge in [-0.25, -0.2) is 9.78 Å². The molecular formula is C20H17ClN2O4S. The number of nitrogens with zero attached hydrogens (tertiary/aromatic N) is 1. The quantitative estimate of drug-likeness (QED) is 0.595. The molecule has 0 radical (unpaired) electrons. The molecule has 1 heterocycles. The summed E-state index contributed by atoms with van der Waals surface area (Å²) in [5.41, 5.74) is 2.33. The van der Waals surface area contributed by atoms with Gasteiger partial charge in [0.1, 0.15) is 10.8 Å². The molecule has 8 heteroatoms. The second kappa shape index (κ2) is 8.86. The number of carbonyl (C=O) groups excluding carboxylic acids is 2. The highest BCUT2D eigenvalue weighted by Gasteiger charge is 2.15. The number of halogens is 1. The lowest BCUT2D eigenvalue weighted by atomic mass is 10.2. The second-order valence-electron chi connectivity index (χ2n) is 5.80. The van der Waals surface area contributed by atoms with Crippen LogP contribution in [-0.2, 0) is 9.53 Å². The van der Waals surface area contributed by atoms with Crippen molar-refractivity contribution >= 4 is 40.5 Å². The average Bonchev–Trinajstić information content (AvgIpc) is 3.20. The molecular weight excluding hydrogens is 400 g/mol. The largest absolute Gasteiger partial charge is 0.497 e. The molecule has 3 rings (SSSR count). The van der Waals surface area contributed by atoms with Gasteiger partial charge in [0, 0.05) is 21.7 Å². The maximum Gasteiger partial charge on any atom is 0.358 e. The number of anilines is 1. The fourth-order valence-electron chi connectivity index (χ4n) is 2.37. The van der Waals surface area contributed by atoms with Crippen molar-refractivity contribution in [3.63, 3.8) is 0 Å². The molecule has 0 spiro atoms. The number of carbonyl (C=O) groups is 2. The van der Waals surface area contributed by atoms with Crippen LogP contribution in [0.15, 0.2) is 47.8 Å². The van der Waals surface area contributed by atoms with Gasteiger partial charge in [-0.2, -0.15) is 0 Å². The van der Waals surface area contributed by atoms with Crippen LogP contribution in [0.25, 0.3) is 10.6 Å². The van der Waals surface area contributed by atoms with Crippen molar-refractivity contribution in [2.75, 3.05) is 19.0 Å². The van der Waals surface area contributed by atoms with E-state index in [2.05, 4.69) is 10.3 Å². The summed E-state index contributed by atoms with van der Waals surface area (Å²) in [5.74, 6) is -0.376. The zero-order valence-electron chi connectivity index (χ0n) is 15.2. The summed E-state index contributed by atoms with van der Waals surface area (Å²) >= 11 is 7.34. The predicted octanol–water partition coefficient (Wildman–Crippen LogP) is 4.58. The standard InChI is InChI=1S/C20H17ClN2O4S/c1-12-15(21)4-3-5-16(12)22-18(24)10-27-20(25)17-11-28-19(23-17)13-6-8-14(26-2)9-7-13/h3-9,11H,10H2,1-2H3,(H,22,24). The van der Waals surface area contributed by atoms with Crippen LogP contribution in [0.1, 0.15) is 16.1 Å². The number of amides is 1. The van der Waals surface area contributed by atoms with Gasteiger partial charge in [-0.05, 0) is 48.9 Å². The fraction of sp³-hybridized carbons (Fsp3) is 0.150. The van der Waals surface area contributed by atoms with Crippen LogP contribution in [-0.4, -0.2) is 30.6 Å². The van der Waals surface area contributed by atoms with E-state index in [0.717, 1.165) is 16.9 Å². The van der Waals surface area contributed by atoms with E-state index in [0.29, 0.717) is 15.7 Å². The highest BCUT2D eigenvalue weighted by Crippen LogP contribution is 2.26. The van der Waals surface area contributed by atoms with Crippen LogP contribution in [0.2, 0.25) is 5.02 Å². The first-order valence-corrected chi connectivity index (χ1v) is 9.55. The van der Waals surface area contributed by atoms with E-state index < -0.39 is 18.5 Å². The summed E-state index contributed by atoms with van der Waals surface area (Å²) in [6.45, 7) is 1.38. The summed E-state index contributed by atoms with van der Waals surface area (Å²) in [7, 11) is 1.59. The van der Waals surface area contributed by atoms with E-state index in [1.807, 2.05) is 24.3 Å². The number of rotatable bonds is 6. The van der Waals surface area contributed by atoms with E-state index in [9.17, 15) is 9.59 Å². The number of hydrogen-bond acceptors (Lipinski definition) is 6. The van der Waals surface area contributed by atoms with Crippen LogP contribution in [0.3, 0.4) is 0 Å². The lowest BCUT2D eigenvalue weighted by Gasteiger charge is -2.09. The van der Waals surface area contributed by atoms with Gasteiger partial charge in [-0.15, -0.1) is 11.3 Å². The molecule has 1 aromatic heterocycles. The predicted molar refractivity (Wildman–Crippen MR) is 109 cm³/mol. The molecule has 0 fully saturated rings. The van der Waals surface area contributed by atoms with E-state index in [1.54, 1.807) is 37.6 Å². The zero-order chi connectivity index (χ0) is 20.1. The van der Waals surface area contributed by atoms with Gasteiger partial charge in [0.2, 0.25) is 0 Å². The Labute approximate surface area is 171 Å². The first-order chi connectivity index (χ1) is 13.5. The van der Waals surface area contributed by atoms with Crippen molar-refractivity contribution in [2.24, 2.45) is 0 Å². The van der Waals surface area contributed by atoms with Gasteiger partial charge in [0.25, 0.3) is 5.91 Å². The average molecular weight is 417 g/mol. The Morgan fingerprint density at radius 3 is 2.64 bits per heavy atom. The van der Waals surface area contributed by atoms with Crippen molar-refractivity contribution in [1.82, 2.24) is 4.98 Å². The molecule has 1 N–H and O–H groups in total. The van der Waals surface area contributed by atoms with Crippen molar-refractivity contribution in [3.8, 4) is 16.3 Å². The Bertz CT molecular complexity index is 1000. The van der Waals surface area contributed by atoms with Crippen LogP contribution in [0, 0.1) is 6.92 Å². The van der Waals surface area contributed by atoms with Crippen LogP contribution in [0.4, 0.5) is 5.69 Å². The van der Waals surface area contributed by atoms with Crippen LogP contribution < -0.4 is 10.1 Å². The topological polar surface area (TPSA) is 77.5 Å². The van der Waals surface area contributed by atoms with Gasteiger partial charge in [-0.3, -0.25) is 4.79 Å². The Balaban J connectivity index is 1.58. The van der Waals surface area contributed by atoms with Crippen molar-refractivity contribution in [2.45, 2.75) is 6.92 Å². The van der Waals surface area contributed by atoms with Gasteiger partial charge in [-0.1, -0.05) is 17.7 Å². The lowest BCUT2D eigenvalue weighted by Crippen LogP contribution is -2.21. The molecule has 0 saturated carbocycles. The molecule has 0 aliphatic rings. The molecule has 3 aromatic rings. The lowest BCUT2D eigenvalue weighted by molar-refractivity contribution is -0.119. The minimum atomic E-state index is -0.658. The monoisotopic (exact) mass is 416 g/mol. The van der Waals surface area contributed by atoms with E-state index in [4.69, 9.17) is 21.1 Å². The third-order valence-electron chi connectivity index (χ3n) is 3.93. The molecule has 0 atom stereocenters. The first kappa shape index (κ1) is 19.9. The number of nitrogens with one attached hydrogen (secondary N) is 1. The minimum absolute atomic E-state index is 0.155. The summed E-state index contributed by atoms with van der Waals surface area (Å²) in [4.78, 5) is 28.5. The fourth-order valence-corrected chi connectivity index (χ4v) is 3.34. The Kier molecular flexibility index (Phi) is 6.28. The van der Waals surface area contributed by atoms with Gasteiger partial charge >= 0.3 is 5.97 Å². The number of benzene rings is 2. The second-order valence-corrected chi connectivity index (χ2v) is 7.07. The van der Waals surface area contributed by atoms with Crippen molar-refractivity contribution in [3.05, 3.63) is 64.1 Å². The maximum absolute atomic E-state index is 12.2. The molecule has 1 amide bonds. The molecule has 2 aromatic carbocycles. The summed E-state index contributed by atoms with van der Waals surface area (Å²) < 4.78 is 10.2. The van der Waals surface area contributed by atoms with E-state index in [-0.39, 0.29) is 5.69 Å². The number of hydrogen-bond donors (Lipinski definition) is 1. The molecule has 28 heavy (non-hydrogen) atoms. The molecule has 0 aliphatic carbocycles. The normalized spacial score (nSPS) is 10.4. The summed E-state index contributed by atoms with van der Waals surface area (Å²) in [6, 6.07) is 12.5. The van der Waals surface area contributed by atoms with Crippen LogP contribution >= 0.6 is 22.9 Å². The Morgan fingerprint density at radius 1 is 1.18 bits per heavy atom. The third kappa shape index (κ3) is 4.68. The molecule has 0 saturated heterocycles. The molecule has 0 aliphatic heterocycles. The van der Waals surface area contributed by atoms with Crippen molar-refractivity contribution in [1.29, 1.82) is 0 Å². The number of methoxy groups -OCH3 is 1. The van der Waals surface area contributed by atoms with Gasteiger partial charge in [0.05, 0.1) is 7.11 Å². The van der Waals surface area contributed by atoms with Gasteiger partial charge in [0.15, 0.2) is 12.3 Å². The van der Waals surface area contributed by atoms with Crippen molar-refractivity contribution < 1.29 is 19.1 Å². The highest BCUT2D eigenvalue weighted by molar-refractivity contribution is 7.13. The first-order valence-electron chi connectivity index (χ1n) is 8.30. The zero-order valence-corrected chi connectivity index (χ0v) is 16.8. The summed E-state index contributed by atoms with van der Waals surface area (Å²) in [5, 5.41) is 5.49. The number of thiazole rings is 1. The maximum atomic E-state index is 12.2. The van der Waals surface area contributed by atoms with E-state index >= 15 is 0 Å². The van der Waals surface area contributed by atoms with Crippen LogP contribution in [0.5, 0.6) is 5.75 Å². The SMILES string of the molecule is COc1ccc(-c2nc(C(=O)OCC(=O)Nc3cccc(Cl)c3C)cs2)cc1. The number of esters is 1. The molecule has 0 bridgehead atoms. The Hall–Kier alpha value is -2.90. The summed E-state index contributed by atoms with van der Waals surface area (Å²) in [6.07, 6.45) is 0.